The smallest absolute Gasteiger partial charge is 0.264 e. The lowest BCUT2D eigenvalue weighted by molar-refractivity contribution is -0.115. The van der Waals surface area contributed by atoms with Gasteiger partial charge in [0.05, 0.1) is 22.2 Å². The summed E-state index contributed by atoms with van der Waals surface area (Å²) in [5, 5.41) is 12.2. The molecule has 3 rings (SSSR count). The van der Waals surface area contributed by atoms with Crippen molar-refractivity contribution in [2.24, 2.45) is 4.99 Å². The van der Waals surface area contributed by atoms with E-state index in [1.807, 2.05) is 36.4 Å². The Morgan fingerprint density at radius 2 is 1.88 bits per heavy atom. The van der Waals surface area contributed by atoms with Crippen LogP contribution in [0.1, 0.15) is 23.6 Å². The van der Waals surface area contributed by atoms with Gasteiger partial charge in [0, 0.05) is 0 Å². The molecule has 118 valence electrons. The minimum Gasteiger partial charge on any atom is -0.300 e. The summed E-state index contributed by atoms with van der Waals surface area (Å²) in [4.78, 5) is 17.1. The number of nitriles is 1. The number of hydrogen-bond donors (Lipinski definition) is 1. The van der Waals surface area contributed by atoms with Crippen LogP contribution in [0.25, 0.3) is 6.08 Å². The Labute approximate surface area is 144 Å². The highest BCUT2D eigenvalue weighted by Gasteiger charge is 2.23. The Hall–Kier alpha value is -2.84. The van der Waals surface area contributed by atoms with Crippen LogP contribution in [0, 0.1) is 11.3 Å². The fourth-order valence-corrected chi connectivity index (χ4v) is 3.05. The number of thioether (sulfide) groups is 1. The molecule has 1 heterocycles. The third-order valence-electron chi connectivity index (χ3n) is 3.56. The van der Waals surface area contributed by atoms with Crippen LogP contribution in [-0.2, 0) is 11.2 Å². The molecule has 0 unspecified atom stereocenters. The quantitative estimate of drug-likeness (QED) is 0.863. The van der Waals surface area contributed by atoms with Gasteiger partial charge in [-0.2, -0.15) is 5.26 Å². The van der Waals surface area contributed by atoms with Gasteiger partial charge in [-0.3, -0.25) is 4.79 Å². The van der Waals surface area contributed by atoms with Crippen molar-refractivity contribution < 1.29 is 4.79 Å². The molecule has 0 radical (unpaired) electrons. The summed E-state index contributed by atoms with van der Waals surface area (Å²) >= 11 is 1.31. The Kier molecular flexibility index (Phi) is 4.78. The molecule has 0 saturated carbocycles. The van der Waals surface area contributed by atoms with Crippen LogP contribution >= 0.6 is 11.8 Å². The maximum atomic E-state index is 12.1. The van der Waals surface area contributed by atoms with Gasteiger partial charge in [0.25, 0.3) is 5.91 Å². The second-order valence-corrected chi connectivity index (χ2v) is 6.27. The number of benzene rings is 2. The lowest BCUT2D eigenvalue weighted by Crippen LogP contribution is -2.19. The second kappa shape index (κ2) is 7.16. The van der Waals surface area contributed by atoms with E-state index in [9.17, 15) is 4.79 Å². The normalized spacial score (nSPS) is 17.1. The third-order valence-corrected chi connectivity index (χ3v) is 4.47. The highest BCUT2D eigenvalue weighted by Crippen LogP contribution is 2.28. The summed E-state index contributed by atoms with van der Waals surface area (Å²) in [5.74, 6) is -0.159. The van der Waals surface area contributed by atoms with E-state index in [2.05, 4.69) is 23.3 Å². The molecular formula is C19H15N3OS. The minimum atomic E-state index is -0.159. The zero-order chi connectivity index (χ0) is 16.9. The molecule has 0 bridgehead atoms. The first-order valence-corrected chi connectivity index (χ1v) is 8.38. The summed E-state index contributed by atoms with van der Waals surface area (Å²) in [6.45, 7) is 2.11. The number of hydrogen-bond acceptors (Lipinski definition) is 4. The maximum absolute atomic E-state index is 12.1. The van der Waals surface area contributed by atoms with Gasteiger partial charge in [-0.25, -0.2) is 4.99 Å². The van der Waals surface area contributed by atoms with E-state index in [0.29, 0.717) is 15.6 Å². The molecule has 1 N–H and O–H groups in total. The first-order valence-electron chi connectivity index (χ1n) is 7.56. The van der Waals surface area contributed by atoms with E-state index in [1.54, 1.807) is 18.2 Å². The van der Waals surface area contributed by atoms with E-state index in [4.69, 9.17) is 5.26 Å². The molecule has 0 spiro atoms. The van der Waals surface area contributed by atoms with Gasteiger partial charge in [0.2, 0.25) is 0 Å². The first kappa shape index (κ1) is 16.0. The summed E-state index contributed by atoms with van der Waals surface area (Å²) in [6.07, 6.45) is 2.78. The molecule has 2 aromatic rings. The van der Waals surface area contributed by atoms with Crippen LogP contribution in [0.5, 0.6) is 0 Å². The van der Waals surface area contributed by atoms with Crippen molar-refractivity contribution in [3.8, 4) is 6.07 Å². The average Bonchev–Trinajstić information content (AvgIpc) is 2.95. The van der Waals surface area contributed by atoms with Crippen molar-refractivity contribution in [2.75, 3.05) is 0 Å². The zero-order valence-corrected chi connectivity index (χ0v) is 13.9. The van der Waals surface area contributed by atoms with Crippen molar-refractivity contribution in [1.82, 2.24) is 5.32 Å². The van der Waals surface area contributed by atoms with E-state index in [-0.39, 0.29) is 5.91 Å². The zero-order valence-electron chi connectivity index (χ0n) is 13.1. The third kappa shape index (κ3) is 3.73. The molecule has 0 aliphatic carbocycles. The number of aliphatic imine (C=N–C) groups is 1. The fraction of sp³-hybridized carbons (Fsp3) is 0.105. The van der Waals surface area contributed by atoms with E-state index < -0.39 is 0 Å². The molecular weight excluding hydrogens is 318 g/mol. The van der Waals surface area contributed by atoms with Crippen LogP contribution in [0.3, 0.4) is 0 Å². The molecule has 1 saturated heterocycles. The number of rotatable bonds is 3. The molecule has 24 heavy (non-hydrogen) atoms. The Balaban J connectivity index is 1.78. The van der Waals surface area contributed by atoms with Gasteiger partial charge in [-0.05, 0) is 59.7 Å². The van der Waals surface area contributed by atoms with Crippen LogP contribution in [0.2, 0.25) is 0 Å². The Morgan fingerprint density at radius 3 is 2.50 bits per heavy atom. The van der Waals surface area contributed by atoms with Gasteiger partial charge in [-0.15, -0.1) is 0 Å². The predicted octanol–water partition coefficient (Wildman–Crippen LogP) is 4.01. The van der Waals surface area contributed by atoms with E-state index in [0.717, 1.165) is 17.7 Å². The van der Waals surface area contributed by atoms with Crippen molar-refractivity contribution in [3.63, 3.8) is 0 Å². The lowest BCUT2D eigenvalue weighted by atomic mass is 10.1. The number of nitrogens with zero attached hydrogens (tertiary/aromatic N) is 2. The van der Waals surface area contributed by atoms with Crippen molar-refractivity contribution in [1.29, 1.82) is 5.26 Å². The molecule has 4 nitrogen and oxygen atoms in total. The standard InChI is InChI=1S/C19H15N3OS/c1-2-13-7-9-16(10-8-13)21-19-22-18(23)17(24-19)11-14-3-5-15(12-20)6-4-14/h3-11H,2H2,1H3,(H,21,22,23)/b17-11-. The van der Waals surface area contributed by atoms with Crippen LogP contribution in [-0.4, -0.2) is 11.1 Å². The number of carbonyl (C=O) groups is 1. The van der Waals surface area contributed by atoms with E-state index >= 15 is 0 Å². The molecule has 5 heteroatoms. The Morgan fingerprint density at radius 1 is 1.17 bits per heavy atom. The van der Waals surface area contributed by atoms with Crippen molar-refractivity contribution >= 4 is 34.6 Å². The van der Waals surface area contributed by atoms with E-state index in [1.165, 1.54) is 17.3 Å². The average molecular weight is 333 g/mol. The molecule has 1 aliphatic heterocycles. The van der Waals surface area contributed by atoms with Gasteiger partial charge >= 0.3 is 0 Å². The molecule has 0 atom stereocenters. The molecule has 1 amide bonds. The number of aryl methyl sites for hydroxylation is 1. The predicted molar refractivity (Wildman–Crippen MR) is 97.8 cm³/mol. The largest absolute Gasteiger partial charge is 0.300 e. The SMILES string of the molecule is CCc1ccc(N=C2NC(=O)/C(=C/c3ccc(C#N)cc3)S2)cc1. The van der Waals surface area contributed by atoms with Gasteiger partial charge in [0.1, 0.15) is 0 Å². The summed E-state index contributed by atoms with van der Waals surface area (Å²) < 4.78 is 0. The number of nitrogens with one attached hydrogen (secondary N) is 1. The highest BCUT2D eigenvalue weighted by molar-refractivity contribution is 8.18. The second-order valence-electron chi connectivity index (χ2n) is 5.24. The van der Waals surface area contributed by atoms with Crippen LogP contribution in [0.4, 0.5) is 5.69 Å². The van der Waals surface area contributed by atoms with Gasteiger partial charge in [0.15, 0.2) is 5.17 Å². The van der Waals surface area contributed by atoms with Gasteiger partial charge in [-0.1, -0.05) is 31.2 Å². The van der Waals surface area contributed by atoms with Crippen LogP contribution < -0.4 is 5.32 Å². The molecule has 2 aromatic carbocycles. The molecule has 1 fully saturated rings. The molecule has 1 aliphatic rings. The topological polar surface area (TPSA) is 65.2 Å². The van der Waals surface area contributed by atoms with Crippen molar-refractivity contribution in [2.45, 2.75) is 13.3 Å². The number of carbonyl (C=O) groups excluding carboxylic acids is 1. The number of amidine groups is 1. The highest BCUT2D eigenvalue weighted by atomic mass is 32.2. The first-order chi connectivity index (χ1) is 11.7. The Bertz CT molecular complexity index is 859. The molecule has 0 aromatic heterocycles. The monoisotopic (exact) mass is 333 g/mol. The van der Waals surface area contributed by atoms with Crippen LogP contribution in [0.15, 0.2) is 58.4 Å². The minimum absolute atomic E-state index is 0.159. The fourth-order valence-electron chi connectivity index (χ4n) is 2.21. The summed E-state index contributed by atoms with van der Waals surface area (Å²) in [6, 6.07) is 17.1. The summed E-state index contributed by atoms with van der Waals surface area (Å²) in [7, 11) is 0. The van der Waals surface area contributed by atoms with Gasteiger partial charge < -0.3 is 5.32 Å². The number of amides is 1. The summed E-state index contributed by atoms with van der Waals surface area (Å²) in [5.41, 5.74) is 3.54. The lowest BCUT2D eigenvalue weighted by Gasteiger charge is -1.98. The maximum Gasteiger partial charge on any atom is 0.264 e. The van der Waals surface area contributed by atoms with Crippen molar-refractivity contribution in [3.05, 3.63) is 70.1 Å².